The summed E-state index contributed by atoms with van der Waals surface area (Å²) in [6.45, 7) is 5.25. The Morgan fingerprint density at radius 2 is 1.90 bits per heavy atom. The van der Waals surface area contributed by atoms with Gasteiger partial charge in [-0.2, -0.15) is 0 Å². The van der Waals surface area contributed by atoms with Crippen LogP contribution < -0.4 is 0 Å². The number of rotatable bonds is 9. The van der Waals surface area contributed by atoms with Crippen molar-refractivity contribution in [1.82, 2.24) is 0 Å². The topological polar surface area (TPSA) is 93.1 Å². The lowest BCUT2D eigenvalue weighted by Gasteiger charge is -2.34. The quantitative estimate of drug-likeness (QED) is 0.217. The predicted molar refractivity (Wildman–Crippen MR) is 74.8 cm³/mol. The fourth-order valence-corrected chi connectivity index (χ4v) is 1.85. The van der Waals surface area contributed by atoms with Crippen LogP contribution in [0.15, 0.2) is 12.2 Å². The van der Waals surface area contributed by atoms with Crippen LogP contribution >= 0.6 is 7.82 Å². The minimum Gasteiger partial charge on any atom is -0.462 e. The molecule has 2 N–H and O–H groups in total. The maximum atomic E-state index is 11.2. The van der Waals surface area contributed by atoms with Crippen molar-refractivity contribution in [3.05, 3.63) is 12.2 Å². The van der Waals surface area contributed by atoms with Gasteiger partial charge in [0, 0.05) is 12.0 Å². The Morgan fingerprint density at radius 1 is 1.35 bits per heavy atom. The van der Waals surface area contributed by atoms with Crippen LogP contribution in [0, 0.1) is 0 Å². The fourth-order valence-electron chi connectivity index (χ4n) is 1.48. The second-order valence-corrected chi connectivity index (χ2v) is 6.85. The molecule has 0 aromatic heterocycles. The smallest absolute Gasteiger partial charge is 0.462 e. The minimum atomic E-state index is -4.46. The molecule has 0 radical (unpaired) electrons. The Kier molecular flexibility index (Phi) is 7.62. The lowest BCUT2D eigenvalue weighted by molar-refractivity contribution is -0.896. The van der Waals surface area contributed by atoms with E-state index in [2.05, 4.69) is 11.1 Å². The molecule has 0 aliphatic carbocycles. The number of likely N-dealkylation sites (N-methyl/N-ethyl adjacent to an activating group) is 1. The van der Waals surface area contributed by atoms with E-state index < -0.39 is 13.8 Å². The Balaban J connectivity index is 4.23. The normalized spacial score (nSPS) is 13.9. The number of carbonyl (C=O) groups is 1. The summed E-state index contributed by atoms with van der Waals surface area (Å²) in [5.74, 6) is -0.432. The number of quaternary nitrogens is 1. The first-order valence-electron chi connectivity index (χ1n) is 6.27. The van der Waals surface area contributed by atoms with Crippen molar-refractivity contribution < 1.29 is 32.9 Å². The first-order valence-corrected chi connectivity index (χ1v) is 7.80. The van der Waals surface area contributed by atoms with Crippen LogP contribution in [-0.4, -0.2) is 60.6 Å². The summed E-state index contributed by atoms with van der Waals surface area (Å²) in [5.41, 5.74) is 0.345. The highest BCUT2D eigenvalue weighted by atomic mass is 31.2. The van der Waals surface area contributed by atoms with E-state index in [9.17, 15) is 9.36 Å². The van der Waals surface area contributed by atoms with Gasteiger partial charge >= 0.3 is 13.8 Å². The third-order valence-corrected chi connectivity index (χ3v) is 3.28. The van der Waals surface area contributed by atoms with E-state index >= 15 is 0 Å². The summed E-state index contributed by atoms with van der Waals surface area (Å²) in [7, 11) is 1.27. The van der Waals surface area contributed by atoms with Gasteiger partial charge in [-0.1, -0.05) is 6.58 Å². The molecule has 1 unspecified atom stereocenters. The average Bonchev–Trinajstić information content (AvgIpc) is 2.24. The summed E-state index contributed by atoms with van der Waals surface area (Å²) in [4.78, 5) is 28.7. The van der Waals surface area contributed by atoms with E-state index in [1.54, 1.807) is 6.92 Å². The van der Waals surface area contributed by atoms with Crippen LogP contribution in [0.3, 0.4) is 0 Å². The highest BCUT2D eigenvalue weighted by Gasteiger charge is 2.27. The molecule has 7 nitrogen and oxygen atoms in total. The predicted octanol–water partition coefficient (Wildman–Crippen LogP) is 1.07. The molecule has 0 aliphatic rings. The first kappa shape index (κ1) is 19.3. The van der Waals surface area contributed by atoms with E-state index in [0.717, 1.165) is 0 Å². The number of hydrogen-bond acceptors (Lipinski definition) is 4. The molecule has 20 heavy (non-hydrogen) atoms. The van der Waals surface area contributed by atoms with Gasteiger partial charge in [-0.3, -0.25) is 4.52 Å². The zero-order chi connectivity index (χ0) is 16.0. The summed E-state index contributed by atoms with van der Waals surface area (Å²) < 4.78 is 20.8. The van der Waals surface area contributed by atoms with Crippen molar-refractivity contribution in [1.29, 1.82) is 0 Å². The van der Waals surface area contributed by atoms with Crippen molar-refractivity contribution in [2.75, 3.05) is 34.4 Å². The van der Waals surface area contributed by atoms with Crippen LogP contribution in [0.25, 0.3) is 0 Å². The summed E-state index contributed by atoms with van der Waals surface area (Å²) >= 11 is 0. The van der Waals surface area contributed by atoms with Crippen molar-refractivity contribution in [2.24, 2.45) is 0 Å². The number of ether oxygens (including phenoxy) is 1. The molecule has 0 rings (SSSR count). The molecule has 0 bridgehead atoms. The summed E-state index contributed by atoms with van der Waals surface area (Å²) in [6, 6.07) is -0.105. The van der Waals surface area contributed by atoms with Gasteiger partial charge < -0.3 is 19.0 Å². The zero-order valence-corrected chi connectivity index (χ0v) is 13.4. The van der Waals surface area contributed by atoms with Crippen LogP contribution in [0.2, 0.25) is 0 Å². The van der Waals surface area contributed by atoms with Gasteiger partial charge in [-0.15, -0.1) is 0 Å². The number of esters is 1. The standard InChI is InChI=1S/C12H24NO6P/c1-10(2)12(14)18-8-6-7-11(13(3,4)5)9-19-20(15,16)17/h11H,1,6-9H2,2-5H3,(H-,15,16,17)/p+1. The molecule has 0 heterocycles. The lowest BCUT2D eigenvalue weighted by Crippen LogP contribution is -2.47. The molecule has 0 aliphatic heterocycles. The Hall–Kier alpha value is -0.720. The average molecular weight is 310 g/mol. The molecule has 0 saturated carbocycles. The van der Waals surface area contributed by atoms with Gasteiger partial charge in [-0.05, 0) is 13.3 Å². The van der Waals surface area contributed by atoms with E-state index in [4.69, 9.17) is 14.5 Å². The molecule has 1 atom stereocenters. The molecule has 0 spiro atoms. The second kappa shape index (κ2) is 7.90. The maximum Gasteiger partial charge on any atom is 0.469 e. The number of phosphoric ester groups is 1. The molecule has 0 aromatic carbocycles. The molecular weight excluding hydrogens is 285 g/mol. The Bertz CT molecular complexity index is 384. The summed E-state index contributed by atoms with van der Waals surface area (Å²) in [6.07, 6.45) is 1.21. The van der Waals surface area contributed by atoms with Crippen LogP contribution in [0.4, 0.5) is 0 Å². The monoisotopic (exact) mass is 310 g/mol. The number of phosphoric acid groups is 1. The van der Waals surface area contributed by atoms with E-state index in [0.29, 0.717) is 22.9 Å². The lowest BCUT2D eigenvalue weighted by atomic mass is 10.1. The molecule has 0 amide bonds. The van der Waals surface area contributed by atoms with Crippen LogP contribution in [0.5, 0.6) is 0 Å². The van der Waals surface area contributed by atoms with Crippen molar-refractivity contribution in [3.8, 4) is 0 Å². The van der Waals surface area contributed by atoms with Gasteiger partial charge in [-0.25, -0.2) is 9.36 Å². The Labute approximate surface area is 120 Å². The molecular formula is C12H25NO6P+. The van der Waals surface area contributed by atoms with E-state index in [1.165, 1.54) is 0 Å². The summed E-state index contributed by atoms with van der Waals surface area (Å²) in [5, 5.41) is 0. The Morgan fingerprint density at radius 3 is 2.30 bits per heavy atom. The van der Waals surface area contributed by atoms with E-state index in [-0.39, 0.29) is 19.3 Å². The van der Waals surface area contributed by atoms with Crippen molar-refractivity contribution in [3.63, 3.8) is 0 Å². The van der Waals surface area contributed by atoms with Gasteiger partial charge in [0.15, 0.2) is 0 Å². The SMILES string of the molecule is C=C(C)C(=O)OCCCC(COP(=O)(O)O)[N+](C)(C)C. The molecule has 118 valence electrons. The van der Waals surface area contributed by atoms with Crippen LogP contribution in [-0.2, 0) is 18.6 Å². The number of carbonyl (C=O) groups excluding carboxylic acids is 1. The van der Waals surface area contributed by atoms with Gasteiger partial charge in [0.2, 0.25) is 0 Å². The molecule has 0 saturated heterocycles. The minimum absolute atomic E-state index is 0.0534. The zero-order valence-electron chi connectivity index (χ0n) is 12.5. The van der Waals surface area contributed by atoms with Crippen molar-refractivity contribution >= 4 is 13.8 Å². The van der Waals surface area contributed by atoms with Gasteiger partial charge in [0.05, 0.1) is 27.7 Å². The number of nitrogens with zero attached hydrogens (tertiary/aromatic N) is 1. The van der Waals surface area contributed by atoms with Crippen LogP contribution in [0.1, 0.15) is 19.8 Å². The van der Waals surface area contributed by atoms with Crippen molar-refractivity contribution in [2.45, 2.75) is 25.8 Å². The fraction of sp³-hybridized carbons (Fsp3) is 0.750. The van der Waals surface area contributed by atoms with Gasteiger partial charge in [0.1, 0.15) is 12.6 Å². The first-order chi connectivity index (χ1) is 8.93. The maximum absolute atomic E-state index is 11.2. The highest BCUT2D eigenvalue weighted by Crippen LogP contribution is 2.36. The molecule has 8 heteroatoms. The number of hydrogen-bond donors (Lipinski definition) is 2. The van der Waals surface area contributed by atoms with Gasteiger partial charge in [0.25, 0.3) is 0 Å². The second-order valence-electron chi connectivity index (χ2n) is 5.61. The third kappa shape index (κ3) is 9.23. The largest absolute Gasteiger partial charge is 0.469 e. The molecule has 0 fully saturated rings. The highest BCUT2D eigenvalue weighted by molar-refractivity contribution is 7.46. The van der Waals surface area contributed by atoms with E-state index in [1.807, 2.05) is 21.1 Å². The third-order valence-electron chi connectivity index (χ3n) is 2.79. The molecule has 0 aromatic rings.